The van der Waals surface area contributed by atoms with Crippen molar-refractivity contribution in [2.45, 2.75) is 46.1 Å². The number of urea groups is 1. The van der Waals surface area contributed by atoms with Crippen molar-refractivity contribution < 1.29 is 4.79 Å². The molecule has 0 bridgehead atoms. The molecule has 0 spiro atoms. The third kappa shape index (κ3) is 14.1. The molecule has 0 radical (unpaired) electrons. The number of nitrogens with one attached hydrogen (secondary N) is 1. The van der Waals surface area contributed by atoms with E-state index >= 15 is 0 Å². The van der Waals surface area contributed by atoms with E-state index in [1.54, 1.807) is 0 Å². The molecule has 0 aliphatic carbocycles. The molecular formula is C9H23N3O. The molecule has 5 N–H and O–H groups in total. The monoisotopic (exact) mass is 189 g/mol. The minimum atomic E-state index is -0.463. The zero-order chi connectivity index (χ0) is 10.7. The van der Waals surface area contributed by atoms with Gasteiger partial charge in [-0.1, -0.05) is 20.8 Å². The van der Waals surface area contributed by atoms with Gasteiger partial charge in [0, 0.05) is 12.6 Å². The zero-order valence-electron chi connectivity index (χ0n) is 8.97. The van der Waals surface area contributed by atoms with Crippen LogP contribution in [0, 0.1) is 0 Å². The van der Waals surface area contributed by atoms with E-state index in [0.717, 1.165) is 19.3 Å². The van der Waals surface area contributed by atoms with E-state index in [1.807, 2.05) is 20.8 Å². The SMILES string of the molecule is CC.CCC(N)CCCNC(N)=O. The molecule has 4 nitrogen and oxygen atoms in total. The van der Waals surface area contributed by atoms with Crippen molar-refractivity contribution in [1.29, 1.82) is 0 Å². The highest BCUT2D eigenvalue weighted by molar-refractivity contribution is 5.71. The lowest BCUT2D eigenvalue weighted by atomic mass is 10.1. The van der Waals surface area contributed by atoms with Gasteiger partial charge in [-0.15, -0.1) is 0 Å². The smallest absolute Gasteiger partial charge is 0.312 e. The van der Waals surface area contributed by atoms with Crippen LogP contribution in [-0.2, 0) is 0 Å². The lowest BCUT2D eigenvalue weighted by Gasteiger charge is -2.07. The van der Waals surface area contributed by atoms with Crippen molar-refractivity contribution in [2.24, 2.45) is 11.5 Å². The Balaban J connectivity index is 0. The summed E-state index contributed by atoms with van der Waals surface area (Å²) in [5.74, 6) is 0. The molecule has 0 rings (SSSR count). The fourth-order valence-corrected chi connectivity index (χ4v) is 0.780. The Kier molecular flexibility index (Phi) is 12.7. The topological polar surface area (TPSA) is 81.1 Å². The molecule has 0 aromatic carbocycles. The molecule has 0 aromatic heterocycles. The second-order valence-corrected chi connectivity index (χ2v) is 2.60. The minimum Gasteiger partial charge on any atom is -0.352 e. The predicted octanol–water partition coefficient (Wildman–Crippen LogP) is 1.20. The summed E-state index contributed by atoms with van der Waals surface area (Å²) < 4.78 is 0. The summed E-state index contributed by atoms with van der Waals surface area (Å²) in [6.45, 7) is 6.68. The summed E-state index contributed by atoms with van der Waals surface area (Å²) in [6.07, 6.45) is 2.82. The Morgan fingerprint density at radius 1 is 1.46 bits per heavy atom. The lowest BCUT2D eigenvalue weighted by Crippen LogP contribution is -2.31. The first-order valence-corrected chi connectivity index (χ1v) is 4.95. The molecule has 1 atom stereocenters. The van der Waals surface area contributed by atoms with Crippen LogP contribution in [0.1, 0.15) is 40.0 Å². The Morgan fingerprint density at radius 2 is 2.00 bits per heavy atom. The summed E-state index contributed by atoms with van der Waals surface area (Å²) in [7, 11) is 0. The van der Waals surface area contributed by atoms with Crippen LogP contribution in [0.15, 0.2) is 0 Å². The van der Waals surface area contributed by atoms with Crippen LogP contribution < -0.4 is 16.8 Å². The zero-order valence-corrected chi connectivity index (χ0v) is 8.97. The number of nitrogens with two attached hydrogens (primary N) is 2. The Morgan fingerprint density at radius 3 is 2.38 bits per heavy atom. The molecule has 0 saturated heterocycles. The van der Waals surface area contributed by atoms with E-state index in [2.05, 4.69) is 5.32 Å². The van der Waals surface area contributed by atoms with Gasteiger partial charge in [0.05, 0.1) is 0 Å². The number of hydrogen-bond acceptors (Lipinski definition) is 2. The summed E-state index contributed by atoms with van der Waals surface area (Å²) in [5, 5.41) is 2.51. The number of primary amides is 1. The number of rotatable bonds is 5. The quantitative estimate of drug-likeness (QED) is 0.568. The van der Waals surface area contributed by atoms with Gasteiger partial charge in [0.15, 0.2) is 0 Å². The second kappa shape index (κ2) is 11.2. The molecule has 0 saturated carbocycles. The van der Waals surface area contributed by atoms with Crippen molar-refractivity contribution in [2.75, 3.05) is 6.54 Å². The molecule has 0 aromatic rings. The third-order valence-corrected chi connectivity index (χ3v) is 1.58. The lowest BCUT2D eigenvalue weighted by molar-refractivity contribution is 0.248. The van der Waals surface area contributed by atoms with Gasteiger partial charge in [-0.3, -0.25) is 0 Å². The average Bonchev–Trinajstić information content (AvgIpc) is 2.15. The molecule has 2 amide bonds. The van der Waals surface area contributed by atoms with Crippen LogP contribution in [0.2, 0.25) is 0 Å². The molecule has 13 heavy (non-hydrogen) atoms. The molecule has 0 fully saturated rings. The number of amides is 2. The van der Waals surface area contributed by atoms with E-state index in [0.29, 0.717) is 6.54 Å². The van der Waals surface area contributed by atoms with Crippen LogP contribution in [0.5, 0.6) is 0 Å². The Labute approximate surface area is 81.1 Å². The van der Waals surface area contributed by atoms with Crippen LogP contribution in [0.4, 0.5) is 4.79 Å². The molecule has 1 unspecified atom stereocenters. The third-order valence-electron chi connectivity index (χ3n) is 1.58. The van der Waals surface area contributed by atoms with Gasteiger partial charge >= 0.3 is 6.03 Å². The van der Waals surface area contributed by atoms with Gasteiger partial charge in [0.1, 0.15) is 0 Å². The normalized spacial score (nSPS) is 11.1. The van der Waals surface area contributed by atoms with Gasteiger partial charge in [0.2, 0.25) is 0 Å². The molecule has 80 valence electrons. The van der Waals surface area contributed by atoms with Crippen molar-refractivity contribution in [1.82, 2.24) is 5.32 Å². The van der Waals surface area contributed by atoms with Crippen molar-refractivity contribution in [3.8, 4) is 0 Å². The first-order valence-electron chi connectivity index (χ1n) is 4.95. The summed E-state index contributed by atoms with van der Waals surface area (Å²) in [4.78, 5) is 10.2. The van der Waals surface area contributed by atoms with Gasteiger partial charge in [-0.05, 0) is 19.3 Å². The van der Waals surface area contributed by atoms with Crippen LogP contribution in [-0.4, -0.2) is 18.6 Å². The number of hydrogen-bond donors (Lipinski definition) is 3. The number of carbonyl (C=O) groups is 1. The largest absolute Gasteiger partial charge is 0.352 e. The molecular weight excluding hydrogens is 166 g/mol. The van der Waals surface area contributed by atoms with E-state index in [-0.39, 0.29) is 6.04 Å². The van der Waals surface area contributed by atoms with Crippen LogP contribution in [0.25, 0.3) is 0 Å². The molecule has 0 aliphatic rings. The highest BCUT2D eigenvalue weighted by atomic mass is 16.2. The van der Waals surface area contributed by atoms with Crippen molar-refractivity contribution >= 4 is 6.03 Å². The highest BCUT2D eigenvalue weighted by Crippen LogP contribution is 1.96. The Hall–Kier alpha value is -0.770. The van der Waals surface area contributed by atoms with Crippen molar-refractivity contribution in [3.05, 3.63) is 0 Å². The summed E-state index contributed by atoms with van der Waals surface area (Å²) in [5.41, 5.74) is 10.5. The van der Waals surface area contributed by atoms with E-state index in [1.165, 1.54) is 0 Å². The second-order valence-electron chi connectivity index (χ2n) is 2.60. The van der Waals surface area contributed by atoms with E-state index in [4.69, 9.17) is 11.5 Å². The highest BCUT2D eigenvalue weighted by Gasteiger charge is 1.98. The van der Waals surface area contributed by atoms with Gasteiger partial charge in [-0.25, -0.2) is 4.79 Å². The maximum atomic E-state index is 10.2. The molecule has 4 heteroatoms. The van der Waals surface area contributed by atoms with Crippen LogP contribution in [0.3, 0.4) is 0 Å². The summed E-state index contributed by atoms with van der Waals surface area (Å²) in [6, 6.07) is -0.209. The van der Waals surface area contributed by atoms with Gasteiger partial charge in [-0.2, -0.15) is 0 Å². The first kappa shape index (κ1) is 14.7. The van der Waals surface area contributed by atoms with E-state index in [9.17, 15) is 4.79 Å². The standard InChI is InChI=1S/C7H17N3O.C2H6/c1-2-6(8)4-3-5-10-7(9)11;1-2/h6H,2-5,8H2,1H3,(H3,9,10,11);1-2H3. The van der Waals surface area contributed by atoms with Crippen molar-refractivity contribution in [3.63, 3.8) is 0 Å². The maximum absolute atomic E-state index is 10.2. The Bertz CT molecular complexity index is 117. The minimum absolute atomic E-state index is 0.254. The number of carbonyl (C=O) groups excluding carboxylic acids is 1. The molecule has 0 aliphatic heterocycles. The molecule has 0 heterocycles. The first-order chi connectivity index (χ1) is 6.16. The predicted molar refractivity (Wildman–Crippen MR) is 56.4 cm³/mol. The summed E-state index contributed by atoms with van der Waals surface area (Å²) >= 11 is 0. The fourth-order valence-electron chi connectivity index (χ4n) is 0.780. The maximum Gasteiger partial charge on any atom is 0.312 e. The van der Waals surface area contributed by atoms with Gasteiger partial charge < -0.3 is 16.8 Å². The van der Waals surface area contributed by atoms with E-state index < -0.39 is 6.03 Å². The van der Waals surface area contributed by atoms with Gasteiger partial charge in [0.25, 0.3) is 0 Å². The average molecular weight is 189 g/mol. The fraction of sp³-hybridized carbons (Fsp3) is 0.889. The van der Waals surface area contributed by atoms with Crippen LogP contribution >= 0.6 is 0 Å².